The number of allylic oxidation sites excluding steroid dienone is 2. The summed E-state index contributed by atoms with van der Waals surface area (Å²) in [6, 6.07) is 0. The number of rotatable bonds is 2. The zero-order chi connectivity index (χ0) is 8.32. The van der Waals surface area contributed by atoms with Crippen molar-refractivity contribution < 1.29 is 0 Å². The van der Waals surface area contributed by atoms with Gasteiger partial charge in [0.05, 0.1) is 0 Å². The van der Waals surface area contributed by atoms with Crippen LogP contribution in [-0.4, -0.2) is 16.5 Å². The van der Waals surface area contributed by atoms with E-state index in [1.165, 1.54) is 0 Å². The second-order valence-electron chi connectivity index (χ2n) is 2.18. The molecule has 1 aliphatic heterocycles. The molecule has 0 amide bonds. The summed E-state index contributed by atoms with van der Waals surface area (Å²) in [5, 5.41) is 3.04. The number of dihydropyridines is 1. The molecule has 62 valence electrons. The normalized spacial score (nSPS) is 29.5. The Kier molecular flexibility index (Phi) is 3.16. The molecule has 0 aromatic rings. The zero-order valence-electron chi connectivity index (χ0n) is 6.10. The Morgan fingerprint density at radius 2 is 2.45 bits per heavy atom. The lowest BCUT2D eigenvalue weighted by atomic mass is 10.2. The standard InChI is InChI=1S/C7H9Cl2NS/c1-11-7(9)3-2-6(4-8)5-10-7/h2-3,5,10H,4H2,1H3. The molecule has 0 aliphatic carbocycles. The van der Waals surface area contributed by atoms with Crippen molar-refractivity contribution in [1.82, 2.24) is 5.32 Å². The van der Waals surface area contributed by atoms with E-state index in [-0.39, 0.29) is 0 Å². The third-order valence-electron chi connectivity index (χ3n) is 1.42. The SMILES string of the molecule is CSC1(Cl)C=CC(CCl)=CN1. The van der Waals surface area contributed by atoms with Crippen LogP contribution in [0.2, 0.25) is 0 Å². The predicted octanol–water partition coefficient (Wildman–Crippen LogP) is 2.52. The van der Waals surface area contributed by atoms with Crippen LogP contribution in [0, 0.1) is 0 Å². The maximum atomic E-state index is 6.06. The van der Waals surface area contributed by atoms with Crippen molar-refractivity contribution in [2.75, 3.05) is 12.1 Å². The molecule has 11 heavy (non-hydrogen) atoms. The van der Waals surface area contributed by atoms with Crippen molar-refractivity contribution in [2.45, 2.75) is 4.33 Å². The van der Waals surface area contributed by atoms with E-state index >= 15 is 0 Å². The van der Waals surface area contributed by atoms with E-state index in [4.69, 9.17) is 23.2 Å². The summed E-state index contributed by atoms with van der Waals surface area (Å²) in [6.07, 6.45) is 7.63. The van der Waals surface area contributed by atoms with Crippen LogP contribution in [0.4, 0.5) is 0 Å². The van der Waals surface area contributed by atoms with Gasteiger partial charge in [0.25, 0.3) is 0 Å². The molecule has 1 heterocycles. The molecule has 1 atom stereocenters. The van der Waals surface area contributed by atoms with E-state index in [9.17, 15) is 0 Å². The smallest absolute Gasteiger partial charge is 0.178 e. The molecule has 0 saturated heterocycles. The van der Waals surface area contributed by atoms with Gasteiger partial charge >= 0.3 is 0 Å². The van der Waals surface area contributed by atoms with Gasteiger partial charge in [-0.15, -0.1) is 23.4 Å². The Bertz CT molecular complexity index is 203. The lowest BCUT2D eigenvalue weighted by molar-refractivity contribution is 0.835. The van der Waals surface area contributed by atoms with Crippen LogP contribution in [0.3, 0.4) is 0 Å². The third kappa shape index (κ3) is 2.32. The topological polar surface area (TPSA) is 12.0 Å². The minimum Gasteiger partial charge on any atom is -0.361 e. The first-order valence-electron chi connectivity index (χ1n) is 3.16. The predicted molar refractivity (Wildman–Crippen MR) is 53.2 cm³/mol. The number of hydrogen-bond donors (Lipinski definition) is 1. The van der Waals surface area contributed by atoms with Gasteiger partial charge in [0.15, 0.2) is 4.33 Å². The quantitative estimate of drug-likeness (QED) is 0.555. The fraction of sp³-hybridized carbons (Fsp3) is 0.429. The van der Waals surface area contributed by atoms with Crippen molar-refractivity contribution in [1.29, 1.82) is 0 Å². The van der Waals surface area contributed by atoms with Crippen molar-refractivity contribution >= 4 is 35.0 Å². The minimum atomic E-state index is -0.477. The number of thioether (sulfide) groups is 1. The van der Waals surface area contributed by atoms with Gasteiger partial charge in [0.1, 0.15) is 0 Å². The van der Waals surface area contributed by atoms with E-state index in [0.29, 0.717) is 5.88 Å². The first-order chi connectivity index (χ1) is 5.20. The van der Waals surface area contributed by atoms with Crippen LogP contribution < -0.4 is 5.32 Å². The van der Waals surface area contributed by atoms with E-state index in [1.54, 1.807) is 11.8 Å². The van der Waals surface area contributed by atoms with Gasteiger partial charge in [0.2, 0.25) is 0 Å². The highest BCUT2D eigenvalue weighted by molar-refractivity contribution is 8.01. The van der Waals surface area contributed by atoms with E-state index in [0.717, 1.165) is 5.57 Å². The van der Waals surface area contributed by atoms with Crippen molar-refractivity contribution in [3.05, 3.63) is 23.9 Å². The van der Waals surface area contributed by atoms with Gasteiger partial charge in [0, 0.05) is 12.1 Å². The number of hydrogen-bond acceptors (Lipinski definition) is 2. The van der Waals surface area contributed by atoms with E-state index < -0.39 is 4.33 Å². The molecule has 4 heteroatoms. The Morgan fingerprint density at radius 1 is 1.73 bits per heavy atom. The highest BCUT2D eigenvalue weighted by atomic mass is 35.5. The second-order valence-corrected chi connectivity index (χ2v) is 4.32. The van der Waals surface area contributed by atoms with Gasteiger partial charge < -0.3 is 5.32 Å². The highest BCUT2D eigenvalue weighted by Gasteiger charge is 2.22. The zero-order valence-corrected chi connectivity index (χ0v) is 8.43. The monoisotopic (exact) mass is 209 g/mol. The van der Waals surface area contributed by atoms with E-state index in [1.807, 2.05) is 24.6 Å². The summed E-state index contributed by atoms with van der Waals surface area (Å²) in [6.45, 7) is 0. The molecular weight excluding hydrogens is 201 g/mol. The number of alkyl halides is 2. The van der Waals surface area contributed by atoms with Gasteiger partial charge in [-0.1, -0.05) is 17.7 Å². The van der Waals surface area contributed by atoms with Crippen LogP contribution in [-0.2, 0) is 0 Å². The minimum absolute atomic E-state index is 0.477. The largest absolute Gasteiger partial charge is 0.361 e. The van der Waals surface area contributed by atoms with Crippen molar-refractivity contribution in [2.24, 2.45) is 0 Å². The van der Waals surface area contributed by atoms with Crippen LogP contribution in [0.15, 0.2) is 23.9 Å². The summed E-state index contributed by atoms with van der Waals surface area (Å²) in [5.41, 5.74) is 1.05. The summed E-state index contributed by atoms with van der Waals surface area (Å²) in [7, 11) is 0. The Hall–Kier alpha value is 0.210. The van der Waals surface area contributed by atoms with Crippen LogP contribution in [0.1, 0.15) is 0 Å². The molecule has 0 aromatic heterocycles. The third-order valence-corrected chi connectivity index (χ3v) is 3.27. The lowest BCUT2D eigenvalue weighted by Crippen LogP contribution is -2.32. The molecule has 1 aliphatic rings. The van der Waals surface area contributed by atoms with Crippen LogP contribution >= 0.6 is 35.0 Å². The molecule has 0 spiro atoms. The maximum absolute atomic E-state index is 6.06. The fourth-order valence-electron chi connectivity index (χ4n) is 0.712. The van der Waals surface area contributed by atoms with E-state index in [2.05, 4.69) is 5.32 Å². The van der Waals surface area contributed by atoms with Gasteiger partial charge in [-0.25, -0.2) is 0 Å². The summed E-state index contributed by atoms with van der Waals surface area (Å²) < 4.78 is -0.477. The van der Waals surface area contributed by atoms with Gasteiger partial charge in [-0.3, -0.25) is 0 Å². The van der Waals surface area contributed by atoms with Gasteiger partial charge in [-0.05, 0) is 17.9 Å². The Morgan fingerprint density at radius 3 is 2.82 bits per heavy atom. The second kappa shape index (κ2) is 3.74. The molecule has 0 aromatic carbocycles. The fourth-order valence-corrected chi connectivity index (χ4v) is 1.38. The average Bonchev–Trinajstić information content (AvgIpc) is 2.06. The molecule has 0 bridgehead atoms. The molecule has 0 saturated carbocycles. The van der Waals surface area contributed by atoms with Gasteiger partial charge in [-0.2, -0.15) is 0 Å². The highest BCUT2D eigenvalue weighted by Crippen LogP contribution is 2.29. The lowest BCUT2D eigenvalue weighted by Gasteiger charge is -2.24. The molecular formula is C7H9Cl2NS. The average molecular weight is 210 g/mol. The first kappa shape index (κ1) is 9.30. The molecule has 0 fully saturated rings. The van der Waals surface area contributed by atoms with Crippen molar-refractivity contribution in [3.8, 4) is 0 Å². The molecule has 0 radical (unpaired) electrons. The molecule has 1 unspecified atom stereocenters. The number of halogens is 2. The molecule has 1 rings (SSSR count). The summed E-state index contributed by atoms with van der Waals surface area (Å²) in [4.78, 5) is 0. The first-order valence-corrected chi connectivity index (χ1v) is 5.30. The van der Waals surface area contributed by atoms with Crippen molar-refractivity contribution in [3.63, 3.8) is 0 Å². The maximum Gasteiger partial charge on any atom is 0.178 e. The molecule has 1 N–H and O–H groups in total. The van der Waals surface area contributed by atoms with Crippen LogP contribution in [0.5, 0.6) is 0 Å². The summed E-state index contributed by atoms with van der Waals surface area (Å²) >= 11 is 13.2. The Labute approximate surface area is 80.8 Å². The Balaban J connectivity index is 2.63. The number of nitrogens with one attached hydrogen (secondary N) is 1. The van der Waals surface area contributed by atoms with Crippen LogP contribution in [0.25, 0.3) is 0 Å². The molecule has 1 nitrogen and oxygen atoms in total. The summed E-state index contributed by atoms with van der Waals surface area (Å²) in [5.74, 6) is 0.519.